The van der Waals surface area contributed by atoms with Crippen LogP contribution in [0, 0.1) is 0 Å². The maximum absolute atomic E-state index is 5.87. The van der Waals surface area contributed by atoms with Crippen molar-refractivity contribution >= 4 is 11.5 Å². The van der Waals surface area contributed by atoms with E-state index >= 15 is 0 Å². The number of nitrogen functional groups attached to an aromatic ring is 1. The van der Waals surface area contributed by atoms with Crippen LogP contribution in [0.15, 0.2) is 18.3 Å². The van der Waals surface area contributed by atoms with Crippen molar-refractivity contribution in [1.29, 1.82) is 0 Å². The highest BCUT2D eigenvalue weighted by atomic mass is 16.5. The number of aromatic nitrogens is 1. The second-order valence-electron chi connectivity index (χ2n) is 3.83. The van der Waals surface area contributed by atoms with Gasteiger partial charge in [0.1, 0.15) is 5.82 Å². The van der Waals surface area contributed by atoms with Crippen molar-refractivity contribution in [1.82, 2.24) is 4.98 Å². The molecule has 1 saturated carbocycles. The van der Waals surface area contributed by atoms with Crippen LogP contribution in [0.3, 0.4) is 0 Å². The van der Waals surface area contributed by atoms with Crippen LogP contribution in [0.4, 0.5) is 11.5 Å². The summed E-state index contributed by atoms with van der Waals surface area (Å²) in [6.07, 6.45) is 4.22. The first-order chi connectivity index (χ1) is 7.33. The predicted molar refractivity (Wildman–Crippen MR) is 60.9 cm³/mol. The monoisotopic (exact) mass is 207 g/mol. The van der Waals surface area contributed by atoms with Crippen molar-refractivity contribution in [2.24, 2.45) is 0 Å². The lowest BCUT2D eigenvalue weighted by Gasteiger charge is -2.24. The lowest BCUT2D eigenvalue weighted by Crippen LogP contribution is -2.30. The summed E-state index contributed by atoms with van der Waals surface area (Å²) in [7, 11) is 1.72. The summed E-state index contributed by atoms with van der Waals surface area (Å²) in [4.78, 5) is 6.41. The molecule has 0 radical (unpaired) electrons. The molecule has 2 N–H and O–H groups in total. The molecule has 4 nitrogen and oxygen atoms in total. The van der Waals surface area contributed by atoms with Crippen molar-refractivity contribution in [3.8, 4) is 0 Å². The van der Waals surface area contributed by atoms with Gasteiger partial charge in [-0.3, -0.25) is 0 Å². The molecule has 4 heteroatoms. The van der Waals surface area contributed by atoms with Crippen molar-refractivity contribution in [2.75, 3.05) is 30.9 Å². The van der Waals surface area contributed by atoms with Gasteiger partial charge in [-0.05, 0) is 25.0 Å². The largest absolute Gasteiger partial charge is 0.383 e. The number of hydrogen-bond acceptors (Lipinski definition) is 4. The Labute approximate surface area is 90.0 Å². The quantitative estimate of drug-likeness (QED) is 0.790. The molecule has 0 spiro atoms. The van der Waals surface area contributed by atoms with Crippen molar-refractivity contribution < 1.29 is 4.74 Å². The molecule has 1 aliphatic rings. The lowest BCUT2D eigenvalue weighted by atomic mass is 10.3. The van der Waals surface area contributed by atoms with E-state index in [0.717, 1.165) is 18.8 Å². The molecule has 0 saturated heterocycles. The number of anilines is 2. The Kier molecular flexibility index (Phi) is 3.06. The van der Waals surface area contributed by atoms with Crippen LogP contribution in [0.2, 0.25) is 0 Å². The van der Waals surface area contributed by atoms with Gasteiger partial charge in [-0.2, -0.15) is 0 Å². The summed E-state index contributed by atoms with van der Waals surface area (Å²) in [5.41, 5.74) is 6.90. The fourth-order valence-corrected chi connectivity index (χ4v) is 1.73. The molecule has 1 aromatic rings. The minimum atomic E-state index is 0.612. The smallest absolute Gasteiger partial charge is 0.146 e. The number of hydrogen-bond donors (Lipinski definition) is 1. The van der Waals surface area contributed by atoms with Crippen LogP contribution >= 0.6 is 0 Å². The number of methoxy groups -OCH3 is 1. The molecule has 0 unspecified atom stereocenters. The standard InChI is InChI=1S/C11H17N3O/c1-15-8-7-14(9-4-5-9)10-3-2-6-13-11(10)12/h2-3,6,9H,4-5,7-8H2,1H3,(H2,12,13). The third-order valence-electron chi connectivity index (χ3n) is 2.65. The van der Waals surface area contributed by atoms with E-state index in [1.807, 2.05) is 12.1 Å². The fraction of sp³-hybridized carbons (Fsp3) is 0.545. The average Bonchev–Trinajstić information content (AvgIpc) is 3.05. The van der Waals surface area contributed by atoms with Crippen LogP contribution in [0.1, 0.15) is 12.8 Å². The Bertz CT molecular complexity index is 325. The normalized spacial score (nSPS) is 15.3. The molecule has 82 valence electrons. The molecular weight excluding hydrogens is 190 g/mol. The number of pyridine rings is 1. The summed E-state index contributed by atoms with van der Waals surface area (Å²) in [5, 5.41) is 0. The van der Waals surface area contributed by atoms with Crippen molar-refractivity contribution in [3.05, 3.63) is 18.3 Å². The van der Waals surface area contributed by atoms with Gasteiger partial charge in [0.2, 0.25) is 0 Å². The zero-order valence-electron chi connectivity index (χ0n) is 9.02. The Morgan fingerprint density at radius 3 is 3.00 bits per heavy atom. The second-order valence-corrected chi connectivity index (χ2v) is 3.83. The Morgan fingerprint density at radius 2 is 2.40 bits per heavy atom. The summed E-state index contributed by atoms with van der Waals surface area (Å²) in [5.74, 6) is 0.612. The molecule has 1 aliphatic carbocycles. The first-order valence-corrected chi connectivity index (χ1v) is 5.29. The van der Waals surface area contributed by atoms with Gasteiger partial charge in [0, 0.05) is 25.9 Å². The van der Waals surface area contributed by atoms with E-state index in [1.54, 1.807) is 13.3 Å². The van der Waals surface area contributed by atoms with Gasteiger partial charge in [-0.1, -0.05) is 0 Å². The van der Waals surface area contributed by atoms with Gasteiger partial charge < -0.3 is 15.4 Å². The molecule has 0 atom stereocenters. The molecule has 2 rings (SSSR count). The summed E-state index contributed by atoms with van der Waals surface area (Å²) < 4.78 is 5.11. The van der Waals surface area contributed by atoms with Crippen LogP contribution < -0.4 is 10.6 Å². The zero-order chi connectivity index (χ0) is 10.7. The van der Waals surface area contributed by atoms with E-state index in [2.05, 4.69) is 9.88 Å². The minimum Gasteiger partial charge on any atom is -0.383 e. The van der Waals surface area contributed by atoms with Gasteiger partial charge in [-0.25, -0.2) is 4.98 Å². The molecule has 0 aliphatic heterocycles. The molecule has 0 aromatic carbocycles. The molecule has 1 fully saturated rings. The highest BCUT2D eigenvalue weighted by Gasteiger charge is 2.29. The van der Waals surface area contributed by atoms with Crippen LogP contribution in [0.5, 0.6) is 0 Å². The summed E-state index contributed by atoms with van der Waals surface area (Å²) in [6, 6.07) is 4.58. The first kappa shape index (κ1) is 10.2. The predicted octanol–water partition coefficient (Wildman–Crippen LogP) is 1.28. The third-order valence-corrected chi connectivity index (χ3v) is 2.65. The Balaban J connectivity index is 2.13. The number of nitrogens with zero attached hydrogens (tertiary/aromatic N) is 2. The second kappa shape index (κ2) is 4.49. The molecule has 0 bridgehead atoms. The van der Waals surface area contributed by atoms with Crippen molar-refractivity contribution in [2.45, 2.75) is 18.9 Å². The van der Waals surface area contributed by atoms with E-state index in [1.165, 1.54) is 12.8 Å². The van der Waals surface area contributed by atoms with Crippen LogP contribution in [-0.2, 0) is 4.74 Å². The third kappa shape index (κ3) is 2.39. The first-order valence-electron chi connectivity index (χ1n) is 5.29. The summed E-state index contributed by atoms with van der Waals surface area (Å²) >= 11 is 0. The minimum absolute atomic E-state index is 0.612. The molecule has 1 aromatic heterocycles. The van der Waals surface area contributed by atoms with Gasteiger partial charge in [0.05, 0.1) is 12.3 Å². The molecule has 1 heterocycles. The number of nitrogens with two attached hydrogens (primary N) is 1. The van der Waals surface area contributed by atoms with Crippen LogP contribution in [0.25, 0.3) is 0 Å². The van der Waals surface area contributed by atoms with Gasteiger partial charge in [0.25, 0.3) is 0 Å². The zero-order valence-corrected chi connectivity index (χ0v) is 9.02. The molecular formula is C11H17N3O. The van der Waals surface area contributed by atoms with E-state index < -0.39 is 0 Å². The fourth-order valence-electron chi connectivity index (χ4n) is 1.73. The van der Waals surface area contributed by atoms with E-state index in [0.29, 0.717) is 11.9 Å². The lowest BCUT2D eigenvalue weighted by molar-refractivity contribution is 0.205. The van der Waals surface area contributed by atoms with Gasteiger partial charge in [-0.15, -0.1) is 0 Å². The van der Waals surface area contributed by atoms with E-state index in [4.69, 9.17) is 10.5 Å². The Morgan fingerprint density at radius 1 is 1.60 bits per heavy atom. The Hall–Kier alpha value is -1.29. The molecule has 0 amide bonds. The SMILES string of the molecule is COCCN(c1cccnc1N)C1CC1. The maximum Gasteiger partial charge on any atom is 0.146 e. The van der Waals surface area contributed by atoms with Gasteiger partial charge >= 0.3 is 0 Å². The number of rotatable bonds is 5. The van der Waals surface area contributed by atoms with Gasteiger partial charge in [0.15, 0.2) is 0 Å². The average molecular weight is 207 g/mol. The maximum atomic E-state index is 5.87. The highest BCUT2D eigenvalue weighted by Crippen LogP contribution is 2.33. The van der Waals surface area contributed by atoms with E-state index in [9.17, 15) is 0 Å². The van der Waals surface area contributed by atoms with Crippen LogP contribution in [-0.4, -0.2) is 31.3 Å². The van der Waals surface area contributed by atoms with E-state index in [-0.39, 0.29) is 0 Å². The molecule has 15 heavy (non-hydrogen) atoms. The highest BCUT2D eigenvalue weighted by molar-refractivity contribution is 5.64. The van der Waals surface area contributed by atoms with Crippen molar-refractivity contribution in [3.63, 3.8) is 0 Å². The number of ether oxygens (including phenoxy) is 1. The summed E-state index contributed by atoms with van der Waals surface area (Å²) in [6.45, 7) is 1.61. The topological polar surface area (TPSA) is 51.4 Å².